The highest BCUT2D eigenvalue weighted by molar-refractivity contribution is 6.06. The Bertz CT molecular complexity index is 722. The number of carbonyl (C=O) groups is 1. The first kappa shape index (κ1) is 19.7. The Morgan fingerprint density at radius 3 is 2.56 bits per heavy atom. The number of guanidine groups is 1. The second-order valence-electron chi connectivity index (χ2n) is 8.60. The molecule has 0 aromatic heterocycles. The molecule has 0 spiro atoms. The van der Waals surface area contributed by atoms with E-state index in [4.69, 9.17) is 10.5 Å². The van der Waals surface area contributed by atoms with Crippen molar-refractivity contribution in [2.24, 2.45) is 16.6 Å². The molecule has 1 aromatic carbocycles. The summed E-state index contributed by atoms with van der Waals surface area (Å²) in [7, 11) is 1.70. The first-order valence-electron chi connectivity index (χ1n) is 10.2. The van der Waals surface area contributed by atoms with Crippen molar-refractivity contribution in [3.63, 3.8) is 0 Å². The third-order valence-corrected chi connectivity index (χ3v) is 5.94. The zero-order valence-corrected chi connectivity index (χ0v) is 17.1. The van der Waals surface area contributed by atoms with Crippen LogP contribution in [0.15, 0.2) is 23.2 Å². The number of aryl methyl sites for hydroxylation is 1. The normalized spacial score (nSPS) is 23.8. The predicted octanol–water partition coefficient (Wildman–Crippen LogP) is 3.99. The molecule has 1 saturated carbocycles. The van der Waals surface area contributed by atoms with E-state index in [1.807, 2.05) is 6.07 Å². The van der Waals surface area contributed by atoms with E-state index in [0.717, 1.165) is 30.6 Å². The summed E-state index contributed by atoms with van der Waals surface area (Å²) in [5.41, 5.74) is 7.52. The highest BCUT2D eigenvalue weighted by atomic mass is 16.5. The number of rotatable bonds is 6. The maximum absolute atomic E-state index is 13.0. The smallest absolute Gasteiger partial charge is 0.260 e. The van der Waals surface area contributed by atoms with Crippen molar-refractivity contribution in [2.75, 3.05) is 13.7 Å². The average Bonchev–Trinajstić information content (AvgIpc) is 2.84. The molecule has 2 aliphatic rings. The minimum Gasteiger partial charge on any atom is -0.490 e. The van der Waals surface area contributed by atoms with Gasteiger partial charge in [-0.2, -0.15) is 0 Å². The van der Waals surface area contributed by atoms with Gasteiger partial charge < -0.3 is 10.5 Å². The summed E-state index contributed by atoms with van der Waals surface area (Å²) in [6.45, 7) is 6.66. The molecule has 27 heavy (non-hydrogen) atoms. The van der Waals surface area contributed by atoms with Crippen LogP contribution < -0.4 is 10.5 Å². The molecule has 2 N–H and O–H groups in total. The van der Waals surface area contributed by atoms with Crippen LogP contribution in [0.2, 0.25) is 0 Å². The van der Waals surface area contributed by atoms with Crippen LogP contribution in [0.5, 0.6) is 5.75 Å². The van der Waals surface area contributed by atoms with E-state index >= 15 is 0 Å². The molecule has 5 nitrogen and oxygen atoms in total. The molecule has 1 atom stereocenters. The molecule has 1 aliphatic heterocycles. The third kappa shape index (κ3) is 4.28. The number of nitrogens with two attached hydrogens (primary N) is 1. The van der Waals surface area contributed by atoms with Gasteiger partial charge in [-0.1, -0.05) is 52.0 Å². The molecule has 1 aromatic rings. The van der Waals surface area contributed by atoms with Crippen molar-refractivity contribution in [2.45, 2.75) is 70.8 Å². The summed E-state index contributed by atoms with van der Waals surface area (Å²) in [6, 6.07) is 6.28. The Balaban J connectivity index is 1.81. The number of nitrogens with zero attached hydrogens (tertiary/aromatic N) is 2. The molecule has 0 bridgehead atoms. The maximum Gasteiger partial charge on any atom is 0.260 e. The largest absolute Gasteiger partial charge is 0.490 e. The van der Waals surface area contributed by atoms with E-state index in [-0.39, 0.29) is 12.5 Å². The van der Waals surface area contributed by atoms with Crippen LogP contribution in [0.25, 0.3) is 0 Å². The summed E-state index contributed by atoms with van der Waals surface area (Å²) in [5, 5.41) is 0. The fraction of sp³-hybridized carbons (Fsp3) is 0.636. The molecule has 0 saturated heterocycles. The highest BCUT2D eigenvalue weighted by Gasteiger charge is 2.48. The summed E-state index contributed by atoms with van der Waals surface area (Å²) in [6.07, 6.45) is 6.81. The SMILES string of the molecule is Cc1cc(OCC2(CC3CCCCC3)N=C(N)N(C)C2=O)cc(C(C)C)c1. The van der Waals surface area contributed by atoms with Crippen molar-refractivity contribution in [3.05, 3.63) is 29.3 Å². The van der Waals surface area contributed by atoms with Gasteiger partial charge >= 0.3 is 0 Å². The van der Waals surface area contributed by atoms with E-state index in [0.29, 0.717) is 17.8 Å². The van der Waals surface area contributed by atoms with Crippen molar-refractivity contribution in [3.8, 4) is 5.75 Å². The lowest BCUT2D eigenvalue weighted by Gasteiger charge is -2.31. The van der Waals surface area contributed by atoms with Crippen molar-refractivity contribution in [1.82, 2.24) is 4.90 Å². The van der Waals surface area contributed by atoms with E-state index < -0.39 is 5.54 Å². The minimum absolute atomic E-state index is 0.0395. The molecule has 5 heteroatoms. The second-order valence-corrected chi connectivity index (χ2v) is 8.60. The van der Waals surface area contributed by atoms with Crippen molar-refractivity contribution >= 4 is 11.9 Å². The molecule has 3 rings (SSSR count). The van der Waals surface area contributed by atoms with E-state index in [9.17, 15) is 4.79 Å². The van der Waals surface area contributed by atoms with Crippen LogP contribution in [0.1, 0.15) is 69.4 Å². The standard InChI is InChI=1S/C22H33N3O2/c1-15(2)18-10-16(3)11-19(12-18)27-14-22(13-17-8-6-5-7-9-17)20(26)25(4)21(23)24-22/h10-12,15,17H,5-9,13-14H2,1-4H3,(H2,23,24). The molecule has 1 amide bonds. The lowest BCUT2D eigenvalue weighted by molar-refractivity contribution is -0.132. The predicted molar refractivity (Wildman–Crippen MR) is 109 cm³/mol. The highest BCUT2D eigenvalue weighted by Crippen LogP contribution is 2.36. The van der Waals surface area contributed by atoms with Gasteiger partial charge in [0.1, 0.15) is 12.4 Å². The van der Waals surface area contributed by atoms with Gasteiger partial charge in [-0.25, -0.2) is 4.99 Å². The Hall–Kier alpha value is -2.04. The maximum atomic E-state index is 13.0. The number of hydrogen-bond donors (Lipinski definition) is 1. The lowest BCUT2D eigenvalue weighted by atomic mass is 9.79. The number of hydrogen-bond acceptors (Lipinski definition) is 4. The molecule has 148 valence electrons. The van der Waals surface area contributed by atoms with Crippen LogP contribution >= 0.6 is 0 Å². The first-order valence-corrected chi connectivity index (χ1v) is 10.2. The Morgan fingerprint density at radius 2 is 1.96 bits per heavy atom. The van der Waals surface area contributed by atoms with Crippen LogP contribution in [-0.2, 0) is 4.79 Å². The Morgan fingerprint density at radius 1 is 1.26 bits per heavy atom. The minimum atomic E-state index is -0.886. The first-order chi connectivity index (χ1) is 12.8. The number of ether oxygens (including phenoxy) is 1. The molecule has 1 fully saturated rings. The van der Waals surface area contributed by atoms with E-state index in [1.165, 1.54) is 29.7 Å². The number of likely N-dealkylation sites (N-methyl/N-ethyl adjacent to an activating group) is 1. The van der Waals surface area contributed by atoms with Gasteiger partial charge in [0.2, 0.25) is 0 Å². The van der Waals surface area contributed by atoms with Gasteiger partial charge in [0.15, 0.2) is 11.5 Å². The second kappa shape index (κ2) is 7.91. The van der Waals surface area contributed by atoms with Gasteiger partial charge in [-0.05, 0) is 48.4 Å². The monoisotopic (exact) mass is 371 g/mol. The summed E-state index contributed by atoms with van der Waals surface area (Å²) >= 11 is 0. The fourth-order valence-electron chi connectivity index (χ4n) is 4.31. The van der Waals surface area contributed by atoms with Gasteiger partial charge in [0.05, 0.1) is 0 Å². The van der Waals surface area contributed by atoms with Crippen molar-refractivity contribution in [1.29, 1.82) is 0 Å². The summed E-state index contributed by atoms with van der Waals surface area (Å²) in [4.78, 5) is 19.1. The van der Waals surface area contributed by atoms with Gasteiger partial charge in [-0.15, -0.1) is 0 Å². The number of aliphatic imine (C=N–C) groups is 1. The van der Waals surface area contributed by atoms with Gasteiger partial charge in [-0.3, -0.25) is 9.69 Å². The van der Waals surface area contributed by atoms with Crippen LogP contribution in [-0.4, -0.2) is 36.0 Å². The van der Waals surface area contributed by atoms with Gasteiger partial charge in [0.25, 0.3) is 5.91 Å². The zero-order valence-electron chi connectivity index (χ0n) is 17.1. The number of carbonyl (C=O) groups excluding carboxylic acids is 1. The summed E-state index contributed by atoms with van der Waals surface area (Å²) in [5.74, 6) is 2.00. The van der Waals surface area contributed by atoms with E-state index in [2.05, 4.69) is 37.9 Å². The quantitative estimate of drug-likeness (QED) is 0.822. The van der Waals surface area contributed by atoms with E-state index in [1.54, 1.807) is 7.05 Å². The topological polar surface area (TPSA) is 67.9 Å². The zero-order chi connectivity index (χ0) is 19.6. The number of amides is 1. The average molecular weight is 372 g/mol. The molecular weight excluding hydrogens is 338 g/mol. The third-order valence-electron chi connectivity index (χ3n) is 5.94. The molecular formula is C22H33N3O2. The molecule has 1 heterocycles. The Labute approximate surface area is 163 Å². The number of benzene rings is 1. The van der Waals surface area contributed by atoms with Crippen LogP contribution in [0.3, 0.4) is 0 Å². The fourth-order valence-corrected chi connectivity index (χ4v) is 4.31. The molecule has 1 unspecified atom stereocenters. The van der Waals surface area contributed by atoms with Crippen molar-refractivity contribution < 1.29 is 9.53 Å². The Kier molecular flexibility index (Phi) is 5.78. The van der Waals surface area contributed by atoms with Crippen LogP contribution in [0, 0.1) is 12.8 Å². The van der Waals surface area contributed by atoms with Crippen LogP contribution in [0.4, 0.5) is 0 Å². The molecule has 1 aliphatic carbocycles. The molecule has 0 radical (unpaired) electrons. The lowest BCUT2D eigenvalue weighted by Crippen LogP contribution is -2.47. The van der Waals surface area contributed by atoms with Gasteiger partial charge in [0, 0.05) is 7.05 Å². The summed E-state index contributed by atoms with van der Waals surface area (Å²) < 4.78 is 6.16.